The molecule has 0 heterocycles. The van der Waals surface area contributed by atoms with E-state index in [1.54, 1.807) is 0 Å². The molecule has 2 N–H and O–H groups in total. The van der Waals surface area contributed by atoms with Crippen molar-refractivity contribution in [3.05, 3.63) is 35.4 Å². The molecule has 1 aliphatic rings. The molecule has 0 bridgehead atoms. The third-order valence-corrected chi connectivity index (χ3v) is 3.79. The molecule has 2 rings (SSSR count). The summed E-state index contributed by atoms with van der Waals surface area (Å²) in [5.41, 5.74) is 8.30. The first kappa shape index (κ1) is 13.1. The molecule has 1 aromatic rings. The van der Waals surface area contributed by atoms with Crippen LogP contribution in [0.3, 0.4) is 0 Å². The summed E-state index contributed by atoms with van der Waals surface area (Å²) in [7, 11) is 0. The number of benzene rings is 1. The van der Waals surface area contributed by atoms with Crippen molar-refractivity contribution < 1.29 is 4.79 Å². The van der Waals surface area contributed by atoms with Gasteiger partial charge in [0.15, 0.2) is 0 Å². The lowest BCUT2D eigenvalue weighted by Crippen LogP contribution is -2.40. The number of nitrogens with zero attached hydrogens (tertiary/aromatic N) is 1. The summed E-state index contributed by atoms with van der Waals surface area (Å²) in [4.78, 5) is 14.3. The zero-order chi connectivity index (χ0) is 13.0. The van der Waals surface area contributed by atoms with Crippen molar-refractivity contribution in [2.75, 3.05) is 19.6 Å². The largest absolute Gasteiger partial charge is 0.341 e. The number of hydrogen-bond donors (Lipinski definition) is 1. The smallest absolute Gasteiger partial charge is 0.226 e. The molecular formula is C15H22N2O. The van der Waals surface area contributed by atoms with Crippen LogP contribution in [0.25, 0.3) is 0 Å². The standard InChI is InChI=1S/C15H22N2O/c1-2-17(10-9-16)15(18)14-8-7-12-5-3-4-6-13(12)11-14/h3-6,14H,2,7-11,16H2,1H3. The minimum absolute atomic E-state index is 0.145. The second kappa shape index (κ2) is 6.01. The first-order chi connectivity index (χ1) is 8.76. The van der Waals surface area contributed by atoms with Crippen molar-refractivity contribution in [1.82, 2.24) is 4.90 Å². The van der Waals surface area contributed by atoms with Crippen LogP contribution in [-0.2, 0) is 17.6 Å². The van der Waals surface area contributed by atoms with Crippen LogP contribution in [-0.4, -0.2) is 30.4 Å². The molecular weight excluding hydrogens is 224 g/mol. The summed E-state index contributed by atoms with van der Waals surface area (Å²) < 4.78 is 0. The molecule has 0 saturated heterocycles. The maximum Gasteiger partial charge on any atom is 0.226 e. The minimum atomic E-state index is 0.145. The van der Waals surface area contributed by atoms with Crippen molar-refractivity contribution >= 4 is 5.91 Å². The Hall–Kier alpha value is -1.35. The van der Waals surface area contributed by atoms with E-state index in [1.807, 2.05) is 11.8 Å². The highest BCUT2D eigenvalue weighted by molar-refractivity contribution is 5.79. The summed E-state index contributed by atoms with van der Waals surface area (Å²) >= 11 is 0. The van der Waals surface area contributed by atoms with Gasteiger partial charge in [-0.1, -0.05) is 24.3 Å². The Balaban J connectivity index is 2.06. The third-order valence-electron chi connectivity index (χ3n) is 3.79. The van der Waals surface area contributed by atoms with E-state index in [-0.39, 0.29) is 11.8 Å². The monoisotopic (exact) mass is 246 g/mol. The van der Waals surface area contributed by atoms with Crippen LogP contribution in [0.4, 0.5) is 0 Å². The van der Waals surface area contributed by atoms with Gasteiger partial charge in [-0.2, -0.15) is 0 Å². The number of aryl methyl sites for hydroxylation is 1. The fourth-order valence-electron chi connectivity index (χ4n) is 2.75. The molecule has 0 aromatic heterocycles. The van der Waals surface area contributed by atoms with Gasteiger partial charge in [0.1, 0.15) is 0 Å². The summed E-state index contributed by atoms with van der Waals surface area (Å²) in [5, 5.41) is 0. The van der Waals surface area contributed by atoms with Gasteiger partial charge in [0.05, 0.1) is 0 Å². The first-order valence-corrected chi connectivity index (χ1v) is 6.82. The van der Waals surface area contributed by atoms with Gasteiger partial charge in [-0.3, -0.25) is 4.79 Å². The van der Waals surface area contributed by atoms with Crippen molar-refractivity contribution in [3.63, 3.8) is 0 Å². The van der Waals surface area contributed by atoms with Crippen LogP contribution >= 0.6 is 0 Å². The maximum absolute atomic E-state index is 12.4. The van der Waals surface area contributed by atoms with Crippen molar-refractivity contribution in [3.8, 4) is 0 Å². The highest BCUT2D eigenvalue weighted by Crippen LogP contribution is 2.26. The van der Waals surface area contributed by atoms with E-state index in [2.05, 4.69) is 24.3 Å². The Kier molecular flexibility index (Phi) is 4.37. The molecule has 0 radical (unpaired) electrons. The predicted octanol–water partition coefficient (Wildman–Crippen LogP) is 1.60. The molecule has 18 heavy (non-hydrogen) atoms. The molecule has 98 valence electrons. The molecule has 0 saturated carbocycles. The normalized spacial score (nSPS) is 18.2. The van der Waals surface area contributed by atoms with E-state index in [0.29, 0.717) is 13.1 Å². The Morgan fingerprint density at radius 3 is 2.78 bits per heavy atom. The Bertz CT molecular complexity index is 417. The first-order valence-electron chi connectivity index (χ1n) is 6.82. The van der Waals surface area contributed by atoms with E-state index < -0.39 is 0 Å². The lowest BCUT2D eigenvalue weighted by Gasteiger charge is -2.29. The number of carbonyl (C=O) groups excluding carboxylic acids is 1. The number of nitrogens with two attached hydrogens (primary N) is 1. The third kappa shape index (κ3) is 2.72. The Morgan fingerprint density at radius 1 is 1.39 bits per heavy atom. The van der Waals surface area contributed by atoms with Gasteiger partial charge in [-0.05, 0) is 37.3 Å². The van der Waals surface area contributed by atoms with Crippen LogP contribution in [0.1, 0.15) is 24.5 Å². The van der Waals surface area contributed by atoms with Gasteiger partial charge >= 0.3 is 0 Å². The Labute approximate surface area is 109 Å². The molecule has 1 amide bonds. The van der Waals surface area contributed by atoms with E-state index in [4.69, 9.17) is 5.73 Å². The van der Waals surface area contributed by atoms with Crippen molar-refractivity contribution in [1.29, 1.82) is 0 Å². The molecule has 1 atom stereocenters. The number of amides is 1. The minimum Gasteiger partial charge on any atom is -0.341 e. The predicted molar refractivity (Wildman–Crippen MR) is 73.3 cm³/mol. The molecule has 0 fully saturated rings. The summed E-state index contributed by atoms with van der Waals surface area (Å²) in [6.07, 6.45) is 2.87. The van der Waals surface area contributed by atoms with Crippen LogP contribution in [0.15, 0.2) is 24.3 Å². The van der Waals surface area contributed by atoms with E-state index >= 15 is 0 Å². The molecule has 0 spiro atoms. The van der Waals surface area contributed by atoms with Crippen LogP contribution < -0.4 is 5.73 Å². The summed E-state index contributed by atoms with van der Waals surface area (Å²) in [6.45, 7) is 3.99. The topological polar surface area (TPSA) is 46.3 Å². The van der Waals surface area contributed by atoms with Crippen molar-refractivity contribution in [2.45, 2.75) is 26.2 Å². The fraction of sp³-hybridized carbons (Fsp3) is 0.533. The van der Waals surface area contributed by atoms with E-state index in [9.17, 15) is 4.79 Å². The average molecular weight is 246 g/mol. The van der Waals surface area contributed by atoms with Gasteiger partial charge in [-0.25, -0.2) is 0 Å². The highest BCUT2D eigenvalue weighted by atomic mass is 16.2. The second-order valence-electron chi connectivity index (χ2n) is 4.92. The zero-order valence-electron chi connectivity index (χ0n) is 11.1. The van der Waals surface area contributed by atoms with Gasteiger partial charge in [-0.15, -0.1) is 0 Å². The van der Waals surface area contributed by atoms with Gasteiger partial charge in [0, 0.05) is 25.6 Å². The van der Waals surface area contributed by atoms with Gasteiger partial charge in [0.25, 0.3) is 0 Å². The second-order valence-corrected chi connectivity index (χ2v) is 4.92. The van der Waals surface area contributed by atoms with Crippen LogP contribution in [0.5, 0.6) is 0 Å². The number of likely N-dealkylation sites (N-methyl/N-ethyl adjacent to an activating group) is 1. The number of carbonyl (C=O) groups is 1. The molecule has 3 heteroatoms. The van der Waals surface area contributed by atoms with Crippen LogP contribution in [0.2, 0.25) is 0 Å². The lowest BCUT2D eigenvalue weighted by molar-refractivity contribution is -0.135. The summed E-state index contributed by atoms with van der Waals surface area (Å²) in [5.74, 6) is 0.420. The van der Waals surface area contributed by atoms with E-state index in [0.717, 1.165) is 25.8 Å². The zero-order valence-corrected chi connectivity index (χ0v) is 11.1. The van der Waals surface area contributed by atoms with Gasteiger partial charge in [0.2, 0.25) is 5.91 Å². The van der Waals surface area contributed by atoms with Gasteiger partial charge < -0.3 is 10.6 Å². The number of fused-ring (bicyclic) bond motifs is 1. The molecule has 3 nitrogen and oxygen atoms in total. The average Bonchev–Trinajstić information content (AvgIpc) is 2.43. The van der Waals surface area contributed by atoms with E-state index in [1.165, 1.54) is 11.1 Å². The fourth-order valence-corrected chi connectivity index (χ4v) is 2.75. The Morgan fingerprint density at radius 2 is 2.11 bits per heavy atom. The SMILES string of the molecule is CCN(CCN)C(=O)C1CCc2ccccc2C1. The van der Waals surface area contributed by atoms with Crippen LogP contribution in [0, 0.1) is 5.92 Å². The maximum atomic E-state index is 12.4. The molecule has 1 aliphatic carbocycles. The van der Waals surface area contributed by atoms with Crippen molar-refractivity contribution in [2.24, 2.45) is 11.7 Å². The molecule has 1 unspecified atom stereocenters. The quantitative estimate of drug-likeness (QED) is 0.877. The molecule has 1 aromatic carbocycles. The summed E-state index contributed by atoms with van der Waals surface area (Å²) in [6, 6.07) is 8.46. The molecule has 0 aliphatic heterocycles. The number of hydrogen-bond acceptors (Lipinski definition) is 2. The highest BCUT2D eigenvalue weighted by Gasteiger charge is 2.27. The number of rotatable bonds is 4. The lowest BCUT2D eigenvalue weighted by atomic mass is 9.83.